The maximum absolute atomic E-state index is 12.6. The van der Waals surface area contributed by atoms with E-state index in [0.717, 1.165) is 0 Å². The smallest absolute Gasteiger partial charge is 0.250 e. The van der Waals surface area contributed by atoms with E-state index >= 15 is 0 Å². The lowest BCUT2D eigenvalue weighted by Gasteiger charge is -2.31. The summed E-state index contributed by atoms with van der Waals surface area (Å²) in [5, 5.41) is 1.74. The van der Waals surface area contributed by atoms with Crippen molar-refractivity contribution < 1.29 is 21.6 Å². The van der Waals surface area contributed by atoms with Crippen molar-refractivity contribution in [3.8, 4) is 5.75 Å². The zero-order chi connectivity index (χ0) is 20.2. The van der Waals surface area contributed by atoms with Gasteiger partial charge in [-0.05, 0) is 55.6 Å². The van der Waals surface area contributed by atoms with E-state index in [1.807, 2.05) is 0 Å². The van der Waals surface area contributed by atoms with Crippen LogP contribution in [0.25, 0.3) is 0 Å². The molecule has 1 saturated heterocycles. The van der Waals surface area contributed by atoms with E-state index in [-0.39, 0.29) is 16.7 Å². The number of methoxy groups -OCH3 is 1. The Hall–Kier alpha value is -1.46. The van der Waals surface area contributed by atoms with Gasteiger partial charge >= 0.3 is 0 Å². The van der Waals surface area contributed by atoms with E-state index < -0.39 is 19.9 Å². The molecule has 0 bridgehead atoms. The van der Waals surface area contributed by atoms with Crippen LogP contribution in [0.2, 0.25) is 0 Å². The number of rotatable bonds is 8. The van der Waals surface area contributed by atoms with Gasteiger partial charge < -0.3 is 9.64 Å². The van der Waals surface area contributed by atoms with Crippen LogP contribution < -0.4 is 9.46 Å². The number of likely N-dealkylation sites (tertiary alicyclic amines) is 1. The SMILES string of the molecule is COc1cccc(S(=O)(=O)CCN2CCC(NS(=O)(=O)c3cccs3)CC2)c1. The molecule has 2 heterocycles. The third-order valence-electron chi connectivity index (χ3n) is 4.75. The summed E-state index contributed by atoms with van der Waals surface area (Å²) < 4.78 is 57.9. The summed E-state index contributed by atoms with van der Waals surface area (Å²) in [6, 6.07) is 9.65. The first-order valence-electron chi connectivity index (χ1n) is 8.95. The third kappa shape index (κ3) is 5.32. The number of hydrogen-bond acceptors (Lipinski definition) is 7. The Balaban J connectivity index is 1.50. The van der Waals surface area contributed by atoms with E-state index in [1.165, 1.54) is 24.5 Å². The van der Waals surface area contributed by atoms with E-state index in [2.05, 4.69) is 9.62 Å². The van der Waals surface area contributed by atoms with Gasteiger partial charge in [-0.15, -0.1) is 11.3 Å². The maximum Gasteiger partial charge on any atom is 0.250 e. The van der Waals surface area contributed by atoms with Gasteiger partial charge in [-0.2, -0.15) is 0 Å². The minimum atomic E-state index is -3.47. The molecule has 1 fully saturated rings. The number of thiophene rings is 1. The average molecular weight is 445 g/mol. The van der Waals surface area contributed by atoms with Gasteiger partial charge in [-0.3, -0.25) is 0 Å². The van der Waals surface area contributed by atoms with Crippen LogP contribution >= 0.6 is 11.3 Å². The number of sulfonamides is 1. The Morgan fingerprint density at radius 2 is 1.89 bits per heavy atom. The fourth-order valence-electron chi connectivity index (χ4n) is 3.13. The maximum atomic E-state index is 12.6. The fourth-order valence-corrected chi connectivity index (χ4v) is 6.76. The summed E-state index contributed by atoms with van der Waals surface area (Å²) in [7, 11) is -5.36. The van der Waals surface area contributed by atoms with Crippen molar-refractivity contribution in [2.75, 3.05) is 32.5 Å². The predicted molar refractivity (Wildman–Crippen MR) is 109 cm³/mol. The number of nitrogens with zero attached hydrogens (tertiary/aromatic N) is 1. The molecule has 0 amide bonds. The van der Waals surface area contributed by atoms with Gasteiger partial charge in [0.15, 0.2) is 9.84 Å². The molecule has 28 heavy (non-hydrogen) atoms. The summed E-state index contributed by atoms with van der Waals surface area (Å²) in [5.41, 5.74) is 0. The largest absolute Gasteiger partial charge is 0.497 e. The molecule has 1 N–H and O–H groups in total. The Kier molecular flexibility index (Phi) is 6.77. The van der Waals surface area contributed by atoms with Crippen molar-refractivity contribution in [2.45, 2.75) is 28.0 Å². The third-order valence-corrected chi connectivity index (χ3v) is 9.36. The Labute approximate surface area is 170 Å². The standard InChI is InChI=1S/C18H24N2O5S3/c1-25-16-4-2-5-17(14-16)27(21,22)13-11-20-9-7-15(8-10-20)19-28(23,24)18-6-3-12-26-18/h2-6,12,14-15,19H,7-11,13H2,1H3. The monoisotopic (exact) mass is 444 g/mol. The summed E-state index contributed by atoms with van der Waals surface area (Å²) in [5.74, 6) is 0.533. The summed E-state index contributed by atoms with van der Waals surface area (Å²) in [6.07, 6.45) is 1.31. The highest BCUT2D eigenvalue weighted by atomic mass is 32.2. The van der Waals surface area contributed by atoms with Gasteiger partial charge in [-0.25, -0.2) is 21.6 Å². The van der Waals surface area contributed by atoms with Crippen LogP contribution in [-0.4, -0.2) is 60.3 Å². The number of sulfone groups is 1. The van der Waals surface area contributed by atoms with Crippen molar-refractivity contribution >= 4 is 31.2 Å². The molecule has 1 aromatic heterocycles. The van der Waals surface area contributed by atoms with Crippen LogP contribution in [0, 0.1) is 0 Å². The lowest BCUT2D eigenvalue weighted by Crippen LogP contribution is -2.45. The zero-order valence-corrected chi connectivity index (χ0v) is 18.0. The van der Waals surface area contributed by atoms with E-state index in [4.69, 9.17) is 4.74 Å². The van der Waals surface area contributed by atoms with Crippen LogP contribution in [0.1, 0.15) is 12.8 Å². The molecule has 0 unspecified atom stereocenters. The molecule has 0 spiro atoms. The Bertz CT molecular complexity index is 980. The molecule has 1 aromatic carbocycles. The number of hydrogen-bond donors (Lipinski definition) is 1. The van der Waals surface area contributed by atoms with Gasteiger partial charge in [0, 0.05) is 12.6 Å². The van der Waals surface area contributed by atoms with Gasteiger partial charge in [-0.1, -0.05) is 12.1 Å². The normalized spacial score (nSPS) is 16.9. The highest BCUT2D eigenvalue weighted by Gasteiger charge is 2.26. The molecule has 1 aliphatic heterocycles. The number of ether oxygens (including phenoxy) is 1. The van der Waals surface area contributed by atoms with E-state index in [9.17, 15) is 16.8 Å². The van der Waals surface area contributed by atoms with Crippen molar-refractivity contribution in [2.24, 2.45) is 0 Å². The minimum Gasteiger partial charge on any atom is -0.497 e. The zero-order valence-electron chi connectivity index (χ0n) is 15.6. The van der Waals surface area contributed by atoms with Gasteiger partial charge in [0.25, 0.3) is 0 Å². The molecule has 7 nitrogen and oxygen atoms in total. The first-order valence-corrected chi connectivity index (χ1v) is 13.0. The van der Waals surface area contributed by atoms with Crippen LogP contribution in [-0.2, 0) is 19.9 Å². The van der Waals surface area contributed by atoms with Crippen LogP contribution in [0.15, 0.2) is 50.9 Å². The summed E-state index contributed by atoms with van der Waals surface area (Å²) in [4.78, 5) is 2.32. The second kappa shape index (κ2) is 8.91. The fraction of sp³-hybridized carbons (Fsp3) is 0.444. The lowest BCUT2D eigenvalue weighted by atomic mass is 10.1. The molecule has 0 aliphatic carbocycles. The van der Waals surface area contributed by atoms with Crippen LogP contribution in [0.4, 0.5) is 0 Å². The molecule has 0 radical (unpaired) electrons. The highest BCUT2D eigenvalue weighted by Crippen LogP contribution is 2.20. The topological polar surface area (TPSA) is 92.8 Å². The molecule has 0 saturated carbocycles. The second-order valence-electron chi connectivity index (χ2n) is 6.67. The predicted octanol–water partition coefficient (Wildman–Crippen LogP) is 1.97. The first kappa shape index (κ1) is 21.3. The molecule has 0 atom stereocenters. The average Bonchev–Trinajstić information content (AvgIpc) is 3.23. The number of benzene rings is 1. The number of piperidine rings is 1. The first-order chi connectivity index (χ1) is 13.3. The summed E-state index contributed by atoms with van der Waals surface area (Å²) >= 11 is 1.19. The summed E-state index contributed by atoms with van der Waals surface area (Å²) in [6.45, 7) is 1.74. The molecule has 3 rings (SSSR count). The van der Waals surface area contributed by atoms with Crippen molar-refractivity contribution in [1.29, 1.82) is 0 Å². The van der Waals surface area contributed by atoms with Gasteiger partial charge in [0.05, 0.1) is 17.8 Å². The highest BCUT2D eigenvalue weighted by molar-refractivity contribution is 7.91. The van der Waals surface area contributed by atoms with E-state index in [0.29, 0.717) is 42.4 Å². The quantitative estimate of drug-likeness (QED) is 0.669. The Morgan fingerprint density at radius 3 is 2.54 bits per heavy atom. The molecule has 2 aromatic rings. The Morgan fingerprint density at radius 1 is 1.14 bits per heavy atom. The minimum absolute atomic E-state index is 0.0196. The molecule has 10 heteroatoms. The van der Waals surface area contributed by atoms with E-state index in [1.54, 1.807) is 35.7 Å². The van der Waals surface area contributed by atoms with Crippen LogP contribution in [0.5, 0.6) is 5.75 Å². The van der Waals surface area contributed by atoms with Gasteiger partial charge in [0.1, 0.15) is 9.96 Å². The van der Waals surface area contributed by atoms with Crippen LogP contribution in [0.3, 0.4) is 0 Å². The molecule has 1 aliphatic rings. The van der Waals surface area contributed by atoms with Crippen molar-refractivity contribution in [3.63, 3.8) is 0 Å². The number of nitrogens with one attached hydrogen (secondary N) is 1. The molecular weight excluding hydrogens is 420 g/mol. The molecular formula is C18H24N2O5S3. The molecule has 154 valence electrons. The van der Waals surface area contributed by atoms with Gasteiger partial charge in [0.2, 0.25) is 10.0 Å². The lowest BCUT2D eigenvalue weighted by molar-refractivity contribution is 0.218. The van der Waals surface area contributed by atoms with Crippen molar-refractivity contribution in [1.82, 2.24) is 9.62 Å². The van der Waals surface area contributed by atoms with Crippen molar-refractivity contribution in [3.05, 3.63) is 41.8 Å². The second-order valence-corrected chi connectivity index (χ2v) is 11.7.